The van der Waals surface area contributed by atoms with Crippen molar-refractivity contribution in [2.75, 3.05) is 5.75 Å². The Morgan fingerprint density at radius 1 is 0.907 bits per heavy atom. The first-order valence-electron chi connectivity index (χ1n) is 20.3. The summed E-state index contributed by atoms with van der Waals surface area (Å²) in [5.41, 5.74) is 5.15. The highest BCUT2D eigenvalue weighted by atomic mass is 35.5. The van der Waals surface area contributed by atoms with Crippen molar-refractivity contribution in [2.45, 2.75) is 133 Å². The van der Waals surface area contributed by atoms with Crippen LogP contribution in [0.4, 0.5) is 0 Å². The number of hydrogen-bond acceptors (Lipinski definition) is 5. The van der Waals surface area contributed by atoms with Crippen LogP contribution in [-0.2, 0) is 16.8 Å². The minimum Gasteiger partial charge on any atom is -0.481 e. The standard InChI is InChI=1S/C35H36ClNO3S.C12H23N/c1-34(2,40)30-9-4-3-7-25(30)13-17-32(41-23-35(18-19-35)22-33(38)39)27-8-5-6-24(20-27)10-15-29-16-12-26-11-14-28(36)21-31(26)37-29;1-3-7-11(8-4-1)13-12-9-5-2-6-10-12/h3-12,14-16,20-21,32,40H,13,17-19,22-23H2,1-2H3,(H,38,39);11-13H,1-10H2/b15-10+;. The van der Waals surface area contributed by atoms with Gasteiger partial charge in [-0.1, -0.05) is 117 Å². The number of nitrogens with zero attached hydrogens (tertiary/aromatic N) is 1. The first-order chi connectivity index (χ1) is 26.0. The van der Waals surface area contributed by atoms with Gasteiger partial charge in [0.25, 0.3) is 0 Å². The van der Waals surface area contributed by atoms with Crippen LogP contribution in [0.1, 0.15) is 137 Å². The molecule has 3 aromatic carbocycles. The molecule has 288 valence electrons. The second-order valence-corrected chi connectivity index (χ2v) is 18.2. The average Bonchev–Trinajstić information content (AvgIpc) is 3.93. The summed E-state index contributed by atoms with van der Waals surface area (Å²) < 4.78 is 0. The monoisotopic (exact) mass is 766 g/mol. The van der Waals surface area contributed by atoms with Crippen molar-refractivity contribution >= 4 is 52.4 Å². The molecule has 3 N–H and O–H groups in total. The lowest BCUT2D eigenvalue weighted by Crippen LogP contribution is -2.40. The maximum Gasteiger partial charge on any atom is 0.303 e. The quantitative estimate of drug-likeness (QED) is 0.119. The number of fused-ring (bicyclic) bond motifs is 1. The van der Waals surface area contributed by atoms with E-state index in [-0.39, 0.29) is 17.1 Å². The summed E-state index contributed by atoms with van der Waals surface area (Å²) in [6, 6.07) is 28.2. The minimum absolute atomic E-state index is 0.0814. The Labute approximate surface area is 332 Å². The number of carbonyl (C=O) groups is 1. The normalized spacial score (nSPS) is 18.3. The van der Waals surface area contributed by atoms with E-state index >= 15 is 0 Å². The highest BCUT2D eigenvalue weighted by Crippen LogP contribution is 2.53. The van der Waals surface area contributed by atoms with Crippen LogP contribution < -0.4 is 5.32 Å². The second kappa shape index (κ2) is 19.1. The molecule has 0 spiro atoms. The minimum atomic E-state index is -0.911. The van der Waals surface area contributed by atoms with Crippen LogP contribution in [0.15, 0.2) is 78.9 Å². The molecule has 7 heteroatoms. The summed E-state index contributed by atoms with van der Waals surface area (Å²) in [6.45, 7) is 3.66. The lowest BCUT2D eigenvalue weighted by molar-refractivity contribution is -0.138. The van der Waals surface area contributed by atoms with Gasteiger partial charge in [0.1, 0.15) is 0 Å². The van der Waals surface area contributed by atoms with E-state index < -0.39 is 11.6 Å². The Balaban J connectivity index is 0.000000321. The molecule has 1 aromatic heterocycles. The van der Waals surface area contributed by atoms with Gasteiger partial charge in [-0.2, -0.15) is 11.8 Å². The lowest BCUT2D eigenvalue weighted by Gasteiger charge is -2.30. The van der Waals surface area contributed by atoms with Crippen LogP contribution >= 0.6 is 23.4 Å². The highest BCUT2D eigenvalue weighted by molar-refractivity contribution is 7.99. The smallest absolute Gasteiger partial charge is 0.303 e. The van der Waals surface area contributed by atoms with Gasteiger partial charge in [-0.05, 0) is 117 Å². The third kappa shape index (κ3) is 12.2. The van der Waals surface area contributed by atoms with Gasteiger partial charge < -0.3 is 15.5 Å². The molecule has 7 rings (SSSR count). The number of carboxylic acid groups (broad SMARTS) is 1. The maximum atomic E-state index is 11.5. The van der Waals surface area contributed by atoms with E-state index in [4.69, 9.17) is 16.6 Å². The fraction of sp³-hybridized carbons (Fsp3) is 0.489. The molecule has 54 heavy (non-hydrogen) atoms. The number of aliphatic carboxylic acids is 1. The number of benzene rings is 3. The van der Waals surface area contributed by atoms with E-state index in [1.165, 1.54) is 69.8 Å². The SMILES string of the molecule is C1CCC(NC2CCCCC2)CC1.CC(C)(O)c1ccccc1CCC(SCC1(CC(=O)O)CC1)c1cccc(/C=C/c2ccc3ccc(Cl)cc3n2)c1. The Kier molecular flexibility index (Phi) is 14.3. The molecular weight excluding hydrogens is 708 g/mol. The van der Waals surface area contributed by atoms with Crippen molar-refractivity contribution in [3.8, 4) is 0 Å². The molecule has 5 nitrogen and oxygen atoms in total. The van der Waals surface area contributed by atoms with Crippen molar-refractivity contribution in [2.24, 2.45) is 5.41 Å². The van der Waals surface area contributed by atoms with E-state index in [2.05, 4.69) is 47.8 Å². The number of nitrogens with one attached hydrogen (secondary N) is 1. The van der Waals surface area contributed by atoms with Gasteiger partial charge in [0, 0.05) is 33.5 Å². The van der Waals surface area contributed by atoms with Crippen molar-refractivity contribution in [1.29, 1.82) is 0 Å². The van der Waals surface area contributed by atoms with Gasteiger partial charge in [0.15, 0.2) is 0 Å². The number of halogens is 1. The number of carboxylic acids is 1. The first-order valence-corrected chi connectivity index (χ1v) is 21.7. The highest BCUT2D eigenvalue weighted by Gasteiger charge is 2.44. The summed E-state index contributed by atoms with van der Waals surface area (Å²) >= 11 is 8.04. The average molecular weight is 768 g/mol. The van der Waals surface area contributed by atoms with Crippen molar-refractivity contribution in [3.05, 3.63) is 112 Å². The van der Waals surface area contributed by atoms with Gasteiger partial charge in [-0.25, -0.2) is 4.98 Å². The van der Waals surface area contributed by atoms with Crippen molar-refractivity contribution in [3.63, 3.8) is 0 Å². The number of thioether (sulfide) groups is 1. The van der Waals surface area contributed by atoms with Gasteiger partial charge in [-0.3, -0.25) is 4.79 Å². The molecule has 3 fully saturated rings. The predicted octanol–water partition coefficient (Wildman–Crippen LogP) is 12.2. The number of aryl methyl sites for hydroxylation is 1. The maximum absolute atomic E-state index is 11.5. The van der Waals surface area contributed by atoms with Crippen molar-refractivity contribution in [1.82, 2.24) is 10.3 Å². The van der Waals surface area contributed by atoms with Gasteiger partial charge in [0.2, 0.25) is 0 Å². The zero-order valence-electron chi connectivity index (χ0n) is 32.2. The Morgan fingerprint density at radius 3 is 2.26 bits per heavy atom. The molecule has 0 amide bonds. The van der Waals surface area contributed by atoms with E-state index in [1.807, 2.05) is 74.1 Å². The zero-order valence-corrected chi connectivity index (χ0v) is 33.8. The summed E-state index contributed by atoms with van der Waals surface area (Å²) in [6.07, 6.45) is 22.6. The van der Waals surface area contributed by atoms with Gasteiger partial charge in [0.05, 0.1) is 23.2 Å². The number of aromatic nitrogens is 1. The van der Waals surface area contributed by atoms with Crippen LogP contribution in [0.3, 0.4) is 0 Å². The summed E-state index contributed by atoms with van der Waals surface area (Å²) in [5, 5.41) is 26.0. The molecule has 3 aliphatic rings. The summed E-state index contributed by atoms with van der Waals surface area (Å²) in [5.74, 6) is 0.122. The molecule has 3 aliphatic carbocycles. The molecule has 1 atom stereocenters. The van der Waals surface area contributed by atoms with Gasteiger partial charge >= 0.3 is 5.97 Å². The Bertz CT molecular complexity index is 1840. The number of pyridine rings is 1. The fourth-order valence-electron chi connectivity index (χ4n) is 8.23. The largest absolute Gasteiger partial charge is 0.481 e. The Morgan fingerprint density at radius 2 is 1.59 bits per heavy atom. The molecule has 1 heterocycles. The fourth-order valence-corrected chi connectivity index (χ4v) is 9.97. The Hall–Kier alpha value is -3.16. The van der Waals surface area contributed by atoms with E-state index in [0.29, 0.717) is 5.02 Å². The van der Waals surface area contributed by atoms with Crippen LogP contribution in [0.5, 0.6) is 0 Å². The zero-order chi connectivity index (χ0) is 38.0. The van der Waals surface area contributed by atoms with Gasteiger partial charge in [-0.15, -0.1) is 0 Å². The molecular formula is C47H59ClN2O3S. The summed E-state index contributed by atoms with van der Waals surface area (Å²) in [7, 11) is 0. The molecule has 0 bridgehead atoms. The van der Waals surface area contributed by atoms with Crippen LogP contribution in [0.25, 0.3) is 23.1 Å². The predicted molar refractivity (Wildman–Crippen MR) is 228 cm³/mol. The second-order valence-electron chi connectivity index (χ2n) is 16.5. The number of rotatable bonds is 14. The molecule has 4 aromatic rings. The molecule has 3 saturated carbocycles. The van der Waals surface area contributed by atoms with E-state index in [1.54, 1.807) is 0 Å². The number of aliphatic hydroxyl groups is 1. The topological polar surface area (TPSA) is 82.5 Å². The van der Waals surface area contributed by atoms with Crippen molar-refractivity contribution < 1.29 is 15.0 Å². The third-order valence-corrected chi connectivity index (χ3v) is 13.4. The third-order valence-electron chi connectivity index (χ3n) is 11.5. The van der Waals surface area contributed by atoms with E-state index in [0.717, 1.165) is 76.8 Å². The first kappa shape index (κ1) is 40.5. The van der Waals surface area contributed by atoms with Crippen LogP contribution in [0.2, 0.25) is 5.02 Å². The van der Waals surface area contributed by atoms with Crippen LogP contribution in [-0.4, -0.2) is 39.0 Å². The molecule has 0 aliphatic heterocycles. The van der Waals surface area contributed by atoms with E-state index in [9.17, 15) is 15.0 Å². The molecule has 1 unspecified atom stereocenters. The summed E-state index contributed by atoms with van der Waals surface area (Å²) in [4.78, 5) is 16.2. The molecule has 0 radical (unpaired) electrons. The molecule has 0 saturated heterocycles. The van der Waals surface area contributed by atoms with Crippen LogP contribution in [0, 0.1) is 5.41 Å². The number of hydrogen-bond donors (Lipinski definition) is 3. The lowest BCUT2D eigenvalue weighted by atomic mass is 9.90.